The van der Waals surface area contributed by atoms with Crippen molar-refractivity contribution in [2.45, 2.75) is 45.4 Å². The fraction of sp³-hybridized carbons (Fsp3) is 0.286. The van der Waals surface area contributed by atoms with Crippen molar-refractivity contribution in [3.8, 4) is 11.4 Å². The van der Waals surface area contributed by atoms with E-state index in [1.807, 2.05) is 6.07 Å². The highest BCUT2D eigenvalue weighted by Gasteiger charge is 2.46. The van der Waals surface area contributed by atoms with Gasteiger partial charge in [-0.25, -0.2) is 19.7 Å². The summed E-state index contributed by atoms with van der Waals surface area (Å²) in [6, 6.07) is 15.2. The molecule has 0 aliphatic carbocycles. The molecule has 0 saturated carbocycles. The predicted octanol–water partition coefficient (Wildman–Crippen LogP) is 6.33. The fourth-order valence-electron chi connectivity index (χ4n) is 4.44. The average Bonchev–Trinajstić information content (AvgIpc) is 2.87. The van der Waals surface area contributed by atoms with E-state index in [0.717, 1.165) is 11.2 Å². The molecule has 5 rings (SSSR count). The lowest BCUT2D eigenvalue weighted by atomic mass is 10.1. The van der Waals surface area contributed by atoms with Crippen molar-refractivity contribution < 1.29 is 23.0 Å². The molecule has 1 aliphatic rings. The predicted molar refractivity (Wildman–Crippen MR) is 148 cm³/mol. The molecule has 208 valence electrons. The Labute approximate surface area is 233 Å². The van der Waals surface area contributed by atoms with Crippen LogP contribution in [0.5, 0.6) is 5.75 Å². The molecule has 0 spiro atoms. The Morgan fingerprint density at radius 3 is 2.58 bits per heavy atom. The van der Waals surface area contributed by atoms with E-state index >= 15 is 0 Å². The molecule has 12 heteroatoms. The number of halogens is 3. The number of hydrogen-bond donors (Lipinski definition) is 1. The van der Waals surface area contributed by atoms with Gasteiger partial charge in [-0.3, -0.25) is 9.36 Å². The highest BCUT2D eigenvalue weighted by atomic mass is 35.5. The molecular weight excluding hydrogens is 544 g/mol. The van der Waals surface area contributed by atoms with Gasteiger partial charge in [0.1, 0.15) is 18.5 Å². The molecule has 0 fully saturated rings. The summed E-state index contributed by atoms with van der Waals surface area (Å²) in [7, 11) is 0. The van der Waals surface area contributed by atoms with Crippen molar-refractivity contribution >= 4 is 40.1 Å². The average molecular weight is 570 g/mol. The van der Waals surface area contributed by atoms with E-state index in [1.165, 1.54) is 4.57 Å². The van der Waals surface area contributed by atoms with Crippen molar-refractivity contribution in [1.29, 1.82) is 0 Å². The molecule has 1 N–H and O–H groups in total. The van der Waals surface area contributed by atoms with Gasteiger partial charge in [0.25, 0.3) is 5.56 Å². The minimum absolute atomic E-state index is 0.0938. The second-order valence-corrected chi connectivity index (χ2v) is 10.7. The summed E-state index contributed by atoms with van der Waals surface area (Å²) in [5.41, 5.74) is -0.180. The topological polar surface area (TPSA) is 98.6 Å². The first-order valence-electron chi connectivity index (χ1n) is 12.4. The molecule has 0 bridgehead atoms. The van der Waals surface area contributed by atoms with E-state index in [4.69, 9.17) is 21.1 Å². The van der Waals surface area contributed by atoms with Gasteiger partial charge in [-0.05, 0) is 57.3 Å². The third-order valence-electron chi connectivity index (χ3n) is 6.08. The van der Waals surface area contributed by atoms with Crippen LogP contribution in [0.2, 0.25) is 5.02 Å². The number of aromatic nitrogens is 3. The lowest BCUT2D eigenvalue weighted by molar-refractivity contribution is -0.171. The van der Waals surface area contributed by atoms with Gasteiger partial charge in [0, 0.05) is 11.4 Å². The van der Waals surface area contributed by atoms with Crippen molar-refractivity contribution in [1.82, 2.24) is 14.5 Å². The van der Waals surface area contributed by atoms with E-state index in [9.17, 15) is 18.4 Å². The molecule has 0 unspecified atom stereocenters. The van der Waals surface area contributed by atoms with E-state index in [1.54, 1.807) is 76.2 Å². The molecule has 0 saturated heterocycles. The van der Waals surface area contributed by atoms with Crippen LogP contribution in [-0.2, 0) is 4.74 Å². The largest absolute Gasteiger partial charge is 0.443 e. The first-order valence-corrected chi connectivity index (χ1v) is 12.8. The van der Waals surface area contributed by atoms with Gasteiger partial charge >= 0.3 is 12.2 Å². The van der Waals surface area contributed by atoms with Gasteiger partial charge in [-0.2, -0.15) is 8.78 Å². The number of hydrogen-bond acceptors (Lipinski definition) is 7. The molecule has 4 aromatic rings. The number of carbonyl (C=O) groups excluding carboxylic acids is 1. The zero-order valence-electron chi connectivity index (χ0n) is 22.1. The minimum atomic E-state index is -3.74. The number of nitrogens with zero attached hydrogens (tertiary/aromatic N) is 4. The number of carbonyl (C=O) groups is 1. The van der Waals surface area contributed by atoms with Crippen LogP contribution < -0.4 is 20.5 Å². The van der Waals surface area contributed by atoms with Crippen molar-refractivity contribution in [2.75, 3.05) is 16.8 Å². The maximum Gasteiger partial charge on any atom is 0.416 e. The van der Waals surface area contributed by atoms with Crippen molar-refractivity contribution in [3.05, 3.63) is 82.0 Å². The Kier molecular flexibility index (Phi) is 6.87. The highest BCUT2D eigenvalue weighted by molar-refractivity contribution is 6.35. The van der Waals surface area contributed by atoms with Crippen LogP contribution in [-0.4, -0.2) is 38.9 Å². The molecule has 1 atom stereocenters. The van der Waals surface area contributed by atoms with Crippen LogP contribution in [0, 0.1) is 0 Å². The number of ether oxygens (including phenoxy) is 2. The molecule has 0 radical (unpaired) electrons. The second-order valence-electron chi connectivity index (χ2n) is 10.3. The monoisotopic (exact) mass is 569 g/mol. The zero-order valence-corrected chi connectivity index (χ0v) is 22.9. The van der Waals surface area contributed by atoms with Crippen LogP contribution >= 0.6 is 11.6 Å². The summed E-state index contributed by atoms with van der Waals surface area (Å²) >= 11 is 6.39. The number of alkyl halides is 2. The molecule has 2 aromatic carbocycles. The first-order chi connectivity index (χ1) is 18.8. The van der Waals surface area contributed by atoms with Gasteiger partial charge in [-0.1, -0.05) is 41.9 Å². The lowest BCUT2D eigenvalue weighted by Crippen LogP contribution is -2.50. The van der Waals surface area contributed by atoms with Crippen LogP contribution in [0.1, 0.15) is 39.4 Å². The SMILES string of the molecule is C[C@H](Nc1ncnc2c1OC(F)(F)CN2C(=O)OC(C)(C)C)c1cc2cccc(Cl)c2c(=O)n1-c1ccccc1. The Balaban J connectivity index is 1.60. The minimum Gasteiger partial charge on any atom is -0.443 e. The number of para-hydroxylation sites is 1. The van der Waals surface area contributed by atoms with Gasteiger partial charge in [-0.15, -0.1) is 0 Å². The fourth-order valence-corrected chi connectivity index (χ4v) is 4.71. The zero-order chi connectivity index (χ0) is 28.8. The number of anilines is 2. The third kappa shape index (κ3) is 5.29. The molecule has 1 amide bonds. The van der Waals surface area contributed by atoms with Gasteiger partial charge in [0.2, 0.25) is 5.75 Å². The van der Waals surface area contributed by atoms with E-state index in [0.29, 0.717) is 27.2 Å². The molecule has 40 heavy (non-hydrogen) atoms. The summed E-state index contributed by atoms with van der Waals surface area (Å²) in [5, 5.41) is 4.33. The Bertz CT molecular complexity index is 1660. The summed E-state index contributed by atoms with van der Waals surface area (Å²) in [6.45, 7) is 5.54. The summed E-state index contributed by atoms with van der Waals surface area (Å²) in [4.78, 5) is 35.4. The Morgan fingerprint density at radius 1 is 1.15 bits per heavy atom. The van der Waals surface area contributed by atoms with Gasteiger partial charge in [0.15, 0.2) is 11.6 Å². The third-order valence-corrected chi connectivity index (χ3v) is 6.40. The molecule has 1 aliphatic heterocycles. The van der Waals surface area contributed by atoms with E-state index < -0.39 is 36.1 Å². The van der Waals surface area contributed by atoms with Gasteiger partial charge < -0.3 is 14.8 Å². The van der Waals surface area contributed by atoms with Crippen molar-refractivity contribution in [2.24, 2.45) is 0 Å². The molecular formula is C28H26ClF2N5O4. The molecule has 2 aromatic heterocycles. The smallest absolute Gasteiger partial charge is 0.416 e. The maximum atomic E-state index is 14.7. The number of pyridine rings is 1. The molecule has 9 nitrogen and oxygen atoms in total. The van der Waals surface area contributed by atoms with Crippen LogP contribution in [0.4, 0.5) is 25.2 Å². The maximum absolute atomic E-state index is 14.7. The Hall–Kier alpha value is -4.25. The van der Waals surface area contributed by atoms with Gasteiger partial charge in [0.05, 0.1) is 16.5 Å². The lowest BCUT2D eigenvalue weighted by Gasteiger charge is -2.35. The Morgan fingerprint density at radius 2 is 1.88 bits per heavy atom. The number of rotatable bonds is 4. The normalized spacial score (nSPS) is 15.2. The van der Waals surface area contributed by atoms with Crippen LogP contribution in [0.25, 0.3) is 16.5 Å². The number of nitrogens with one attached hydrogen (secondary N) is 1. The van der Waals surface area contributed by atoms with E-state index in [-0.39, 0.29) is 17.2 Å². The number of benzene rings is 2. The number of amides is 1. The summed E-state index contributed by atoms with van der Waals surface area (Å²) in [5.74, 6) is -0.687. The standard InChI is InChI=1S/C28H26ClF2N5O4/c1-16(20-13-17-9-8-12-19(29)21(17)25(37)36(20)18-10-6-5-7-11-18)34-23-22-24(33-15-32-23)35(14-28(30,31)39-22)26(38)40-27(2,3)4/h5-13,15-16H,14H2,1-4H3,(H,32,33,34)/t16-/m0/s1. The van der Waals surface area contributed by atoms with Crippen molar-refractivity contribution in [3.63, 3.8) is 0 Å². The first kappa shape index (κ1) is 27.3. The second kappa shape index (κ2) is 10.1. The van der Waals surface area contributed by atoms with Crippen LogP contribution in [0.3, 0.4) is 0 Å². The molecule has 3 heterocycles. The van der Waals surface area contributed by atoms with E-state index in [2.05, 4.69) is 15.3 Å². The summed E-state index contributed by atoms with van der Waals surface area (Å²) < 4.78 is 41.2. The quantitative estimate of drug-likeness (QED) is 0.306. The number of fused-ring (bicyclic) bond motifs is 2. The summed E-state index contributed by atoms with van der Waals surface area (Å²) in [6.07, 6.45) is -3.61. The van der Waals surface area contributed by atoms with Crippen LogP contribution in [0.15, 0.2) is 65.7 Å². The highest BCUT2D eigenvalue weighted by Crippen LogP contribution is 2.42.